The van der Waals surface area contributed by atoms with Gasteiger partial charge in [0.15, 0.2) is 0 Å². The van der Waals surface area contributed by atoms with Crippen LogP contribution < -0.4 is 5.32 Å². The van der Waals surface area contributed by atoms with E-state index in [1.54, 1.807) is 4.90 Å². The van der Waals surface area contributed by atoms with Crippen LogP contribution in [0.5, 0.6) is 0 Å². The van der Waals surface area contributed by atoms with Gasteiger partial charge in [0, 0.05) is 33.2 Å². The fourth-order valence-corrected chi connectivity index (χ4v) is 3.16. The average Bonchev–Trinajstić information content (AvgIpc) is 2.98. The number of likely N-dealkylation sites (N-methyl/N-ethyl adjacent to an activating group) is 1. The molecule has 0 aromatic heterocycles. The minimum atomic E-state index is -0.252. The number of likely N-dealkylation sites (tertiary alicyclic amines) is 1. The van der Waals surface area contributed by atoms with Crippen LogP contribution in [0.4, 0.5) is 0 Å². The van der Waals surface area contributed by atoms with Gasteiger partial charge in [0.05, 0.1) is 5.60 Å². The summed E-state index contributed by atoms with van der Waals surface area (Å²) in [5.41, 5.74) is -0.252. The predicted molar refractivity (Wildman–Crippen MR) is 73.1 cm³/mol. The van der Waals surface area contributed by atoms with E-state index in [1.807, 2.05) is 24.1 Å². The van der Waals surface area contributed by atoms with Gasteiger partial charge in [0.1, 0.15) is 12.6 Å². The molecular formula is C14H21N3O3. The van der Waals surface area contributed by atoms with Crippen LogP contribution in [-0.2, 0) is 14.3 Å². The highest BCUT2D eigenvalue weighted by Gasteiger charge is 2.42. The van der Waals surface area contributed by atoms with Crippen LogP contribution in [0.1, 0.15) is 12.8 Å². The number of rotatable bonds is 1. The lowest BCUT2D eigenvalue weighted by Gasteiger charge is -2.46. The van der Waals surface area contributed by atoms with Gasteiger partial charge in [-0.3, -0.25) is 14.9 Å². The van der Waals surface area contributed by atoms with Gasteiger partial charge in [-0.2, -0.15) is 0 Å². The van der Waals surface area contributed by atoms with Crippen LogP contribution in [0, 0.1) is 0 Å². The fraction of sp³-hybridized carbons (Fsp3) is 0.714. The second-order valence-corrected chi connectivity index (χ2v) is 5.86. The minimum Gasteiger partial charge on any atom is -0.363 e. The summed E-state index contributed by atoms with van der Waals surface area (Å²) < 4.78 is 5.78. The molecule has 3 aliphatic rings. The van der Waals surface area contributed by atoms with Gasteiger partial charge in [0.25, 0.3) is 0 Å². The van der Waals surface area contributed by atoms with E-state index >= 15 is 0 Å². The van der Waals surface area contributed by atoms with E-state index in [0.29, 0.717) is 19.6 Å². The lowest BCUT2D eigenvalue weighted by molar-refractivity contribution is -0.171. The van der Waals surface area contributed by atoms with Gasteiger partial charge >= 0.3 is 0 Å². The molecule has 1 atom stereocenters. The highest BCUT2D eigenvalue weighted by Crippen LogP contribution is 2.30. The zero-order valence-corrected chi connectivity index (χ0v) is 11.8. The molecule has 2 saturated heterocycles. The number of carbonyl (C=O) groups is 2. The van der Waals surface area contributed by atoms with Crippen molar-refractivity contribution in [3.8, 4) is 0 Å². The third-order valence-corrected chi connectivity index (χ3v) is 4.49. The van der Waals surface area contributed by atoms with Crippen molar-refractivity contribution in [1.29, 1.82) is 0 Å². The summed E-state index contributed by atoms with van der Waals surface area (Å²) >= 11 is 0. The molecule has 6 heteroatoms. The second kappa shape index (κ2) is 5.18. The monoisotopic (exact) mass is 279 g/mol. The summed E-state index contributed by atoms with van der Waals surface area (Å²) in [6, 6.07) is -0.166. The molecule has 2 fully saturated rings. The second-order valence-electron chi connectivity index (χ2n) is 5.86. The molecule has 0 aromatic carbocycles. The molecular weight excluding hydrogens is 258 g/mol. The van der Waals surface area contributed by atoms with Gasteiger partial charge in [0.2, 0.25) is 11.8 Å². The molecule has 3 rings (SSSR count). The standard InChI is InChI=1S/C14H21N3O3/c1-16-10-14(20-9-12(16)18)4-7-17(8-5-14)13(19)11-3-2-6-15-11/h2-3,11,15H,4-10H2,1H3/t11-/m1/s1. The molecule has 110 valence electrons. The Labute approximate surface area is 118 Å². The van der Waals surface area contributed by atoms with Crippen LogP contribution in [-0.4, -0.2) is 73.1 Å². The summed E-state index contributed by atoms with van der Waals surface area (Å²) in [7, 11) is 1.82. The smallest absolute Gasteiger partial charge is 0.248 e. The van der Waals surface area contributed by atoms with Crippen LogP contribution in [0.15, 0.2) is 12.2 Å². The number of amides is 2. The van der Waals surface area contributed by atoms with E-state index in [1.165, 1.54) is 0 Å². The first kappa shape index (κ1) is 13.6. The Balaban J connectivity index is 1.58. The number of ether oxygens (including phenoxy) is 1. The molecule has 20 heavy (non-hydrogen) atoms. The molecule has 6 nitrogen and oxygen atoms in total. The Morgan fingerprint density at radius 3 is 2.80 bits per heavy atom. The van der Waals surface area contributed by atoms with Gasteiger partial charge < -0.3 is 14.5 Å². The lowest BCUT2D eigenvalue weighted by atomic mass is 9.89. The number of nitrogens with zero attached hydrogens (tertiary/aromatic N) is 2. The van der Waals surface area contributed by atoms with Gasteiger partial charge in [-0.15, -0.1) is 0 Å². The van der Waals surface area contributed by atoms with Crippen molar-refractivity contribution in [3.63, 3.8) is 0 Å². The van der Waals surface area contributed by atoms with Crippen molar-refractivity contribution in [3.05, 3.63) is 12.2 Å². The van der Waals surface area contributed by atoms with Crippen LogP contribution in [0.25, 0.3) is 0 Å². The summed E-state index contributed by atoms with van der Waals surface area (Å²) in [5, 5.41) is 3.15. The first-order valence-electron chi connectivity index (χ1n) is 7.16. The number of carbonyl (C=O) groups excluding carboxylic acids is 2. The van der Waals surface area contributed by atoms with Gasteiger partial charge in [-0.05, 0) is 12.8 Å². The van der Waals surface area contributed by atoms with Crippen molar-refractivity contribution in [1.82, 2.24) is 15.1 Å². The van der Waals surface area contributed by atoms with Crippen LogP contribution >= 0.6 is 0 Å². The van der Waals surface area contributed by atoms with Gasteiger partial charge in [-0.1, -0.05) is 12.2 Å². The first-order chi connectivity index (χ1) is 9.60. The SMILES string of the molecule is CN1CC2(CCN(C(=O)[C@H]3C=CCN3)CC2)OCC1=O. The van der Waals surface area contributed by atoms with Crippen molar-refractivity contribution in [2.45, 2.75) is 24.5 Å². The maximum Gasteiger partial charge on any atom is 0.248 e. The summed E-state index contributed by atoms with van der Waals surface area (Å²) in [4.78, 5) is 27.4. The topological polar surface area (TPSA) is 61.9 Å². The molecule has 0 bridgehead atoms. The quantitative estimate of drug-likeness (QED) is 0.649. The zero-order valence-electron chi connectivity index (χ0n) is 11.8. The Kier molecular flexibility index (Phi) is 3.52. The van der Waals surface area contributed by atoms with E-state index < -0.39 is 0 Å². The Morgan fingerprint density at radius 1 is 1.45 bits per heavy atom. The van der Waals surface area contributed by atoms with E-state index in [-0.39, 0.29) is 30.1 Å². The van der Waals surface area contributed by atoms with Crippen LogP contribution in [0.2, 0.25) is 0 Å². The molecule has 0 unspecified atom stereocenters. The zero-order chi connectivity index (χ0) is 14.2. The molecule has 1 spiro atoms. The normalized spacial score (nSPS) is 29.2. The third kappa shape index (κ3) is 2.45. The average molecular weight is 279 g/mol. The minimum absolute atomic E-state index is 0.0365. The van der Waals surface area contributed by atoms with Crippen molar-refractivity contribution >= 4 is 11.8 Å². The maximum absolute atomic E-state index is 12.3. The number of piperidine rings is 1. The molecule has 0 aliphatic carbocycles. The number of hydrogen-bond acceptors (Lipinski definition) is 4. The fourth-order valence-electron chi connectivity index (χ4n) is 3.16. The molecule has 0 aromatic rings. The molecule has 3 heterocycles. The van der Waals surface area contributed by atoms with Crippen molar-refractivity contribution < 1.29 is 14.3 Å². The maximum atomic E-state index is 12.3. The van der Waals surface area contributed by atoms with E-state index in [2.05, 4.69) is 5.32 Å². The Morgan fingerprint density at radius 2 is 2.20 bits per heavy atom. The molecule has 2 amide bonds. The molecule has 0 saturated carbocycles. The number of morpholine rings is 1. The molecule has 3 aliphatic heterocycles. The van der Waals surface area contributed by atoms with E-state index in [4.69, 9.17) is 4.74 Å². The Bertz CT molecular complexity index is 441. The molecule has 1 N–H and O–H groups in total. The predicted octanol–water partition coefficient (Wildman–Crippen LogP) is -0.636. The summed E-state index contributed by atoms with van der Waals surface area (Å²) in [5.74, 6) is 0.184. The summed E-state index contributed by atoms with van der Waals surface area (Å²) in [6.07, 6.45) is 5.51. The highest BCUT2D eigenvalue weighted by molar-refractivity contribution is 5.84. The van der Waals surface area contributed by atoms with Crippen LogP contribution in [0.3, 0.4) is 0 Å². The van der Waals surface area contributed by atoms with E-state index in [9.17, 15) is 9.59 Å². The van der Waals surface area contributed by atoms with Crippen molar-refractivity contribution in [2.75, 3.05) is 39.8 Å². The number of hydrogen-bond donors (Lipinski definition) is 1. The largest absolute Gasteiger partial charge is 0.363 e. The van der Waals surface area contributed by atoms with Gasteiger partial charge in [-0.25, -0.2) is 0 Å². The first-order valence-corrected chi connectivity index (χ1v) is 7.16. The van der Waals surface area contributed by atoms with Crippen molar-refractivity contribution in [2.24, 2.45) is 0 Å². The highest BCUT2D eigenvalue weighted by atomic mass is 16.5. The summed E-state index contributed by atoms with van der Waals surface area (Å²) in [6.45, 7) is 2.97. The van der Waals surface area contributed by atoms with E-state index in [0.717, 1.165) is 19.4 Å². The lowest BCUT2D eigenvalue weighted by Crippen LogP contribution is -2.59. The Hall–Kier alpha value is -1.40. The molecule has 0 radical (unpaired) electrons. The third-order valence-electron chi connectivity index (χ3n) is 4.49. The number of nitrogens with one attached hydrogen (secondary N) is 1.